The number of para-hydroxylation sites is 1. The first-order valence-electron chi connectivity index (χ1n) is 10.6. The Bertz CT molecular complexity index is 1320. The molecule has 3 aromatic rings. The smallest absolute Gasteiger partial charge is 0.459 e. The number of carboxylic acid groups (broad SMARTS) is 1. The second kappa shape index (κ2) is 9.41. The Labute approximate surface area is 194 Å². The van der Waals surface area contributed by atoms with E-state index in [9.17, 15) is 19.3 Å². The van der Waals surface area contributed by atoms with Crippen LogP contribution in [0.5, 0.6) is 5.75 Å². The number of H-pyrrole nitrogens is 1. The predicted molar refractivity (Wildman–Crippen MR) is 122 cm³/mol. The number of aliphatic carboxylic acids is 1. The van der Waals surface area contributed by atoms with Gasteiger partial charge in [-0.05, 0) is 37.5 Å². The van der Waals surface area contributed by atoms with Crippen LogP contribution in [0.15, 0.2) is 53.6 Å². The average molecular weight is 487 g/mol. The third kappa shape index (κ3) is 4.89. The molecule has 2 aromatic heterocycles. The quantitative estimate of drug-likeness (QED) is 0.293. The summed E-state index contributed by atoms with van der Waals surface area (Å²) in [4.78, 5) is 34.0. The van der Waals surface area contributed by atoms with Crippen molar-refractivity contribution in [3.05, 3.63) is 59.2 Å². The zero-order valence-corrected chi connectivity index (χ0v) is 19.2. The minimum atomic E-state index is -4.07. The Morgan fingerprint density at radius 1 is 1.41 bits per heavy atom. The van der Waals surface area contributed by atoms with E-state index < -0.39 is 25.3 Å². The molecule has 12 nitrogen and oxygen atoms in total. The summed E-state index contributed by atoms with van der Waals surface area (Å²) in [6.45, 7) is 5.42. The molecule has 1 aliphatic carbocycles. The standard InChI is InChI=1S/C21H25N6O6P/c1-12-14(8-9-16(12)27-11-23-17-18(27)24-21(22)25-19(17)28)10-32-34(31,26-13(2)20(29)30)33-15-6-4-3-5-7-15/h3-7,11,13-14,16H,1,8-10H2,2H3,(H,26,31)(H,29,30)(H3,22,24,25,28)/p-1/t13-,14?,16?,34?/m0/s1. The molecule has 0 aliphatic heterocycles. The Morgan fingerprint density at radius 3 is 2.85 bits per heavy atom. The summed E-state index contributed by atoms with van der Waals surface area (Å²) >= 11 is 0. The SMILES string of the molecule is C=C1C(COP(=O)(N[C@@H](C)C(=O)[O-])Oc2ccccc2)CCC1n1cnc2c(=O)[nH]c(N)nc21. The van der Waals surface area contributed by atoms with Crippen molar-refractivity contribution in [3.8, 4) is 5.75 Å². The highest BCUT2D eigenvalue weighted by Gasteiger charge is 2.36. The van der Waals surface area contributed by atoms with E-state index in [4.69, 9.17) is 14.8 Å². The molecule has 0 spiro atoms. The van der Waals surface area contributed by atoms with Crippen LogP contribution in [0.2, 0.25) is 0 Å². The third-order valence-corrected chi connectivity index (χ3v) is 7.29. The molecule has 1 saturated carbocycles. The van der Waals surface area contributed by atoms with Crippen LogP contribution in [-0.4, -0.2) is 38.1 Å². The lowest BCUT2D eigenvalue weighted by Crippen LogP contribution is -2.42. The van der Waals surface area contributed by atoms with Crippen molar-refractivity contribution in [2.45, 2.75) is 31.8 Å². The highest BCUT2D eigenvalue weighted by atomic mass is 31.2. The van der Waals surface area contributed by atoms with Gasteiger partial charge >= 0.3 is 7.75 Å². The van der Waals surface area contributed by atoms with Crippen molar-refractivity contribution < 1.29 is 23.5 Å². The third-order valence-electron chi connectivity index (χ3n) is 5.65. The van der Waals surface area contributed by atoms with Gasteiger partial charge in [0.05, 0.1) is 31.0 Å². The van der Waals surface area contributed by atoms with Gasteiger partial charge in [0.1, 0.15) is 5.75 Å². The van der Waals surface area contributed by atoms with Crippen molar-refractivity contribution in [1.29, 1.82) is 0 Å². The van der Waals surface area contributed by atoms with Crippen LogP contribution in [-0.2, 0) is 13.9 Å². The second-order valence-corrected chi connectivity index (χ2v) is 9.70. The summed E-state index contributed by atoms with van der Waals surface area (Å²) in [6.07, 6.45) is 2.81. The number of aromatic nitrogens is 4. The number of hydrogen-bond donors (Lipinski definition) is 3. The summed E-state index contributed by atoms with van der Waals surface area (Å²) in [5.74, 6) is -1.42. The van der Waals surface area contributed by atoms with E-state index in [0.29, 0.717) is 18.5 Å². The molecule has 13 heteroatoms. The van der Waals surface area contributed by atoms with Gasteiger partial charge in [0.15, 0.2) is 11.2 Å². The summed E-state index contributed by atoms with van der Waals surface area (Å²) in [6, 6.07) is 6.79. The molecule has 1 fully saturated rings. The largest absolute Gasteiger partial charge is 0.548 e. The molecule has 180 valence electrons. The van der Waals surface area contributed by atoms with Crippen molar-refractivity contribution in [1.82, 2.24) is 24.6 Å². The van der Waals surface area contributed by atoms with Crippen LogP contribution >= 0.6 is 7.75 Å². The maximum atomic E-state index is 13.4. The van der Waals surface area contributed by atoms with Crippen molar-refractivity contribution in [3.63, 3.8) is 0 Å². The molecule has 0 amide bonds. The molecular formula is C21H24N6O6P-. The topological polar surface area (TPSA) is 177 Å². The van der Waals surface area contributed by atoms with E-state index in [1.807, 2.05) is 0 Å². The van der Waals surface area contributed by atoms with E-state index in [0.717, 1.165) is 5.57 Å². The number of nitrogens with zero attached hydrogens (tertiary/aromatic N) is 3. The van der Waals surface area contributed by atoms with Crippen LogP contribution in [0.25, 0.3) is 11.2 Å². The van der Waals surface area contributed by atoms with E-state index in [-0.39, 0.29) is 35.8 Å². The number of nitrogens with two attached hydrogens (primary N) is 1. The fraction of sp³-hybridized carbons (Fsp3) is 0.333. The Kier molecular flexibility index (Phi) is 6.56. The van der Waals surface area contributed by atoms with Crippen LogP contribution in [0, 0.1) is 5.92 Å². The van der Waals surface area contributed by atoms with Gasteiger partial charge in [-0.2, -0.15) is 4.98 Å². The molecule has 4 rings (SSSR count). The molecule has 4 atom stereocenters. The Balaban J connectivity index is 1.50. The van der Waals surface area contributed by atoms with Gasteiger partial charge in [0, 0.05) is 5.92 Å². The lowest BCUT2D eigenvalue weighted by Gasteiger charge is -2.25. The first-order valence-corrected chi connectivity index (χ1v) is 12.1. The van der Waals surface area contributed by atoms with E-state index in [1.165, 1.54) is 13.3 Å². The van der Waals surface area contributed by atoms with Gasteiger partial charge in [-0.3, -0.25) is 14.3 Å². The number of rotatable bonds is 9. The highest BCUT2D eigenvalue weighted by Crippen LogP contribution is 2.48. The van der Waals surface area contributed by atoms with Gasteiger partial charge in [-0.25, -0.2) is 14.6 Å². The number of carbonyl (C=O) groups is 1. The number of hydrogen-bond acceptors (Lipinski definition) is 9. The maximum absolute atomic E-state index is 13.4. The highest BCUT2D eigenvalue weighted by molar-refractivity contribution is 7.52. The number of aromatic amines is 1. The van der Waals surface area contributed by atoms with Crippen molar-refractivity contribution in [2.24, 2.45) is 5.92 Å². The monoisotopic (exact) mass is 487 g/mol. The number of nitrogen functional groups attached to an aromatic ring is 1. The number of imidazole rings is 1. The Morgan fingerprint density at radius 2 is 2.15 bits per heavy atom. The van der Waals surface area contributed by atoms with E-state index >= 15 is 0 Å². The molecule has 2 heterocycles. The number of anilines is 1. The predicted octanol–water partition coefficient (Wildman–Crippen LogP) is 1.14. The zero-order valence-electron chi connectivity index (χ0n) is 18.3. The average Bonchev–Trinajstić information content (AvgIpc) is 3.36. The molecule has 4 N–H and O–H groups in total. The molecule has 3 unspecified atom stereocenters. The lowest BCUT2D eigenvalue weighted by atomic mass is 10.0. The van der Waals surface area contributed by atoms with Crippen LogP contribution in [0.3, 0.4) is 0 Å². The normalized spacial score (nSPS) is 20.8. The number of benzene rings is 1. The molecule has 34 heavy (non-hydrogen) atoms. The van der Waals surface area contributed by atoms with Gasteiger partial charge in [0.25, 0.3) is 5.56 Å². The van der Waals surface area contributed by atoms with Crippen molar-refractivity contribution in [2.75, 3.05) is 12.3 Å². The van der Waals surface area contributed by atoms with Gasteiger partial charge in [0.2, 0.25) is 5.95 Å². The second-order valence-electron chi connectivity index (χ2n) is 8.01. The minimum Gasteiger partial charge on any atom is -0.548 e. The Hall–Kier alpha value is -3.47. The zero-order chi connectivity index (χ0) is 24.5. The summed E-state index contributed by atoms with van der Waals surface area (Å²) < 4.78 is 26.3. The summed E-state index contributed by atoms with van der Waals surface area (Å²) in [5.41, 5.74) is 6.53. The fourth-order valence-electron chi connectivity index (χ4n) is 3.87. The lowest BCUT2D eigenvalue weighted by molar-refractivity contribution is -0.307. The number of carboxylic acids is 1. The molecule has 1 aliphatic rings. The molecule has 0 bridgehead atoms. The summed E-state index contributed by atoms with van der Waals surface area (Å²) in [5, 5.41) is 13.6. The summed E-state index contributed by atoms with van der Waals surface area (Å²) in [7, 11) is -4.07. The van der Waals surface area contributed by atoms with Crippen LogP contribution < -0.4 is 26.0 Å². The van der Waals surface area contributed by atoms with Crippen molar-refractivity contribution >= 4 is 30.8 Å². The number of fused-ring (bicyclic) bond motifs is 1. The van der Waals surface area contributed by atoms with Gasteiger partial charge in [-0.1, -0.05) is 24.8 Å². The molecule has 0 saturated heterocycles. The van der Waals surface area contributed by atoms with E-state index in [2.05, 4.69) is 26.6 Å². The molecular weight excluding hydrogens is 463 g/mol. The first kappa shape index (κ1) is 23.7. The van der Waals surface area contributed by atoms with E-state index in [1.54, 1.807) is 34.9 Å². The number of nitrogens with one attached hydrogen (secondary N) is 2. The first-order chi connectivity index (χ1) is 16.2. The minimum absolute atomic E-state index is 0.0187. The number of carbonyl (C=O) groups excluding carboxylic acids is 1. The van der Waals surface area contributed by atoms with Crippen LogP contribution in [0.1, 0.15) is 25.8 Å². The van der Waals surface area contributed by atoms with Gasteiger partial charge in [-0.15, -0.1) is 0 Å². The molecule has 1 aromatic carbocycles. The fourth-order valence-corrected chi connectivity index (χ4v) is 5.40. The maximum Gasteiger partial charge on any atom is 0.459 e. The van der Waals surface area contributed by atoms with Gasteiger partial charge < -0.3 is 24.7 Å². The molecule has 0 radical (unpaired) electrons. The van der Waals surface area contributed by atoms with Crippen LogP contribution in [0.4, 0.5) is 5.95 Å².